The van der Waals surface area contributed by atoms with Gasteiger partial charge < -0.3 is 15.4 Å². The second-order valence-corrected chi connectivity index (χ2v) is 7.27. The summed E-state index contributed by atoms with van der Waals surface area (Å²) in [5.41, 5.74) is 4.70. The fourth-order valence-corrected chi connectivity index (χ4v) is 3.66. The van der Waals surface area contributed by atoms with Crippen LogP contribution in [0.2, 0.25) is 0 Å². The molecule has 2 amide bonds. The van der Waals surface area contributed by atoms with Gasteiger partial charge in [0, 0.05) is 13.0 Å². The quantitative estimate of drug-likeness (QED) is 0.819. The van der Waals surface area contributed by atoms with E-state index in [1.807, 2.05) is 38.1 Å². The van der Waals surface area contributed by atoms with Gasteiger partial charge in [0.05, 0.1) is 0 Å². The van der Waals surface area contributed by atoms with E-state index in [4.69, 9.17) is 4.74 Å². The Hall–Kier alpha value is -2.82. The lowest BCUT2D eigenvalue weighted by atomic mass is 9.98. The van der Waals surface area contributed by atoms with Crippen LogP contribution < -0.4 is 10.6 Å². The van der Waals surface area contributed by atoms with E-state index >= 15 is 0 Å². The lowest BCUT2D eigenvalue weighted by molar-refractivity contribution is -0.122. The molecule has 0 saturated carbocycles. The second kappa shape index (κ2) is 8.25. The highest BCUT2D eigenvalue weighted by Gasteiger charge is 2.29. The van der Waals surface area contributed by atoms with Gasteiger partial charge in [-0.05, 0) is 34.6 Å². The number of nitrogens with one attached hydrogen (secondary N) is 2. The number of carbonyl (C=O) groups is 2. The van der Waals surface area contributed by atoms with E-state index in [0.717, 1.165) is 11.1 Å². The van der Waals surface area contributed by atoms with Gasteiger partial charge in [-0.1, -0.05) is 62.4 Å². The summed E-state index contributed by atoms with van der Waals surface area (Å²) in [4.78, 5) is 24.3. The number of rotatable bonds is 6. The standard InChI is InChI=1S/C22H26N2O3/c1-14(2)12-20(21(25)23-3)24-22(26)27-13-19-17-10-6-4-8-15(17)16-9-5-7-11-18(16)19/h4-11,14,19-20H,12-13H2,1-3H3,(H,23,25)(H,24,26). The second-order valence-electron chi connectivity index (χ2n) is 7.27. The van der Waals surface area contributed by atoms with Crippen LogP contribution >= 0.6 is 0 Å². The smallest absolute Gasteiger partial charge is 0.407 e. The molecule has 0 bridgehead atoms. The highest BCUT2D eigenvalue weighted by atomic mass is 16.5. The summed E-state index contributed by atoms with van der Waals surface area (Å²) >= 11 is 0. The first-order valence-electron chi connectivity index (χ1n) is 9.34. The number of carbonyl (C=O) groups excluding carboxylic acids is 2. The van der Waals surface area contributed by atoms with Gasteiger partial charge in [0.15, 0.2) is 0 Å². The van der Waals surface area contributed by atoms with Crippen molar-refractivity contribution in [3.63, 3.8) is 0 Å². The largest absolute Gasteiger partial charge is 0.449 e. The fraction of sp³-hybridized carbons (Fsp3) is 0.364. The minimum absolute atomic E-state index is 0.00620. The normalized spacial score (nSPS) is 13.6. The molecule has 0 heterocycles. The number of likely N-dealkylation sites (N-methyl/N-ethyl adjacent to an activating group) is 1. The highest BCUT2D eigenvalue weighted by Crippen LogP contribution is 2.44. The van der Waals surface area contributed by atoms with E-state index in [1.165, 1.54) is 11.1 Å². The van der Waals surface area contributed by atoms with Gasteiger partial charge in [0.1, 0.15) is 12.6 Å². The van der Waals surface area contributed by atoms with E-state index in [-0.39, 0.29) is 24.3 Å². The summed E-state index contributed by atoms with van der Waals surface area (Å²) in [6.45, 7) is 4.26. The van der Waals surface area contributed by atoms with Gasteiger partial charge in [0.25, 0.3) is 0 Å². The van der Waals surface area contributed by atoms with Crippen molar-refractivity contribution in [3.05, 3.63) is 59.7 Å². The van der Waals surface area contributed by atoms with Crippen molar-refractivity contribution in [1.29, 1.82) is 0 Å². The molecule has 0 fully saturated rings. The molecule has 0 saturated heterocycles. The van der Waals surface area contributed by atoms with Gasteiger partial charge in [-0.2, -0.15) is 0 Å². The van der Waals surface area contributed by atoms with E-state index in [2.05, 4.69) is 34.9 Å². The number of benzene rings is 2. The third-order valence-corrected chi connectivity index (χ3v) is 4.91. The summed E-state index contributed by atoms with van der Waals surface area (Å²) < 4.78 is 5.52. The van der Waals surface area contributed by atoms with E-state index in [1.54, 1.807) is 7.05 Å². The molecule has 1 aliphatic carbocycles. The number of hydrogen-bond acceptors (Lipinski definition) is 3. The highest BCUT2D eigenvalue weighted by molar-refractivity contribution is 5.85. The number of fused-ring (bicyclic) bond motifs is 3. The van der Waals surface area contributed by atoms with E-state index < -0.39 is 12.1 Å². The average molecular weight is 366 g/mol. The molecule has 0 spiro atoms. The first kappa shape index (κ1) is 19.0. The van der Waals surface area contributed by atoms with Crippen LogP contribution in [0, 0.1) is 5.92 Å². The molecule has 5 nitrogen and oxygen atoms in total. The monoisotopic (exact) mass is 366 g/mol. The molecular formula is C22H26N2O3. The van der Waals surface area contributed by atoms with Crippen molar-refractivity contribution in [2.24, 2.45) is 5.92 Å². The lowest BCUT2D eigenvalue weighted by Gasteiger charge is -2.20. The Kier molecular flexibility index (Phi) is 5.79. The minimum atomic E-state index is -0.592. The summed E-state index contributed by atoms with van der Waals surface area (Å²) in [5, 5.41) is 5.29. The van der Waals surface area contributed by atoms with Gasteiger partial charge in [-0.3, -0.25) is 4.79 Å². The number of ether oxygens (including phenoxy) is 1. The van der Waals surface area contributed by atoms with Crippen LogP contribution in [0.5, 0.6) is 0 Å². The SMILES string of the molecule is CNC(=O)C(CC(C)C)NC(=O)OCC1c2ccccc2-c2ccccc21. The van der Waals surface area contributed by atoms with E-state index in [0.29, 0.717) is 6.42 Å². The van der Waals surface area contributed by atoms with Crippen molar-refractivity contribution in [2.45, 2.75) is 32.2 Å². The summed E-state index contributed by atoms with van der Waals surface area (Å²) in [5.74, 6) is 0.0742. The zero-order valence-corrected chi connectivity index (χ0v) is 16.0. The number of hydrogen-bond donors (Lipinski definition) is 2. The van der Waals surface area contributed by atoms with Crippen LogP contribution in [-0.2, 0) is 9.53 Å². The molecule has 0 aliphatic heterocycles. The molecule has 2 aromatic carbocycles. The molecule has 1 aliphatic rings. The third kappa shape index (κ3) is 4.13. The molecule has 5 heteroatoms. The summed E-state index contributed by atoms with van der Waals surface area (Å²) in [6.07, 6.45) is -0.00439. The Labute approximate surface area is 160 Å². The molecule has 2 aromatic rings. The van der Waals surface area contributed by atoms with Crippen molar-refractivity contribution in [3.8, 4) is 11.1 Å². The molecule has 142 valence electrons. The van der Waals surface area contributed by atoms with Crippen LogP contribution in [-0.4, -0.2) is 31.7 Å². The zero-order valence-electron chi connectivity index (χ0n) is 16.0. The molecule has 3 rings (SSSR count). The topological polar surface area (TPSA) is 67.4 Å². The van der Waals surface area contributed by atoms with Gasteiger partial charge in [0.2, 0.25) is 5.91 Å². The molecule has 27 heavy (non-hydrogen) atoms. The van der Waals surface area contributed by atoms with Gasteiger partial charge >= 0.3 is 6.09 Å². The predicted octanol–water partition coefficient (Wildman–Crippen LogP) is 3.69. The lowest BCUT2D eigenvalue weighted by Crippen LogP contribution is -2.46. The summed E-state index contributed by atoms with van der Waals surface area (Å²) in [7, 11) is 1.56. The Balaban J connectivity index is 1.69. The van der Waals surface area contributed by atoms with Crippen LogP contribution in [0.4, 0.5) is 4.79 Å². The van der Waals surface area contributed by atoms with Crippen LogP contribution in [0.3, 0.4) is 0 Å². The fourth-order valence-electron chi connectivity index (χ4n) is 3.66. The minimum Gasteiger partial charge on any atom is -0.449 e. The zero-order chi connectivity index (χ0) is 19.4. The Morgan fingerprint density at radius 3 is 2.07 bits per heavy atom. The third-order valence-electron chi connectivity index (χ3n) is 4.91. The number of alkyl carbamates (subject to hydrolysis) is 1. The van der Waals surface area contributed by atoms with Crippen molar-refractivity contribution in [2.75, 3.05) is 13.7 Å². The van der Waals surface area contributed by atoms with Crippen LogP contribution in [0.25, 0.3) is 11.1 Å². The first-order valence-corrected chi connectivity index (χ1v) is 9.34. The maximum atomic E-state index is 12.3. The molecule has 2 N–H and O–H groups in total. The molecular weight excluding hydrogens is 340 g/mol. The van der Waals surface area contributed by atoms with E-state index in [9.17, 15) is 9.59 Å². The Bertz CT molecular complexity index is 786. The van der Waals surface area contributed by atoms with Crippen molar-refractivity contribution < 1.29 is 14.3 Å². The molecule has 1 atom stereocenters. The van der Waals surface area contributed by atoms with Gasteiger partial charge in [-0.15, -0.1) is 0 Å². The molecule has 0 aromatic heterocycles. The maximum Gasteiger partial charge on any atom is 0.407 e. The van der Waals surface area contributed by atoms with Crippen LogP contribution in [0.1, 0.15) is 37.3 Å². The van der Waals surface area contributed by atoms with Gasteiger partial charge in [-0.25, -0.2) is 4.79 Å². The Morgan fingerprint density at radius 1 is 1.00 bits per heavy atom. The van der Waals surface area contributed by atoms with Crippen molar-refractivity contribution >= 4 is 12.0 Å². The first-order chi connectivity index (χ1) is 13.0. The molecule has 0 radical (unpaired) electrons. The average Bonchev–Trinajstić information content (AvgIpc) is 2.99. The van der Waals surface area contributed by atoms with Crippen molar-refractivity contribution in [1.82, 2.24) is 10.6 Å². The molecule has 1 unspecified atom stereocenters. The van der Waals surface area contributed by atoms with Crippen LogP contribution in [0.15, 0.2) is 48.5 Å². The maximum absolute atomic E-state index is 12.3. The summed E-state index contributed by atoms with van der Waals surface area (Å²) in [6, 6.07) is 15.8. The Morgan fingerprint density at radius 2 is 1.56 bits per heavy atom. The predicted molar refractivity (Wildman–Crippen MR) is 106 cm³/mol. The number of amides is 2.